The van der Waals surface area contributed by atoms with Crippen LogP contribution in [0.5, 0.6) is 11.5 Å². The average molecular weight is 259 g/mol. The molecule has 0 saturated heterocycles. The lowest BCUT2D eigenvalue weighted by atomic mass is 10.1. The van der Waals surface area contributed by atoms with Gasteiger partial charge in [0, 0.05) is 16.8 Å². The zero-order chi connectivity index (χ0) is 14.0. The van der Waals surface area contributed by atoms with Crippen LogP contribution in [0, 0.1) is 0 Å². The van der Waals surface area contributed by atoms with Crippen molar-refractivity contribution in [1.29, 1.82) is 0 Å². The van der Waals surface area contributed by atoms with Crippen LogP contribution in [0.2, 0.25) is 0 Å². The quantitative estimate of drug-likeness (QED) is 0.406. The summed E-state index contributed by atoms with van der Waals surface area (Å²) in [4.78, 5) is 21.5. The van der Waals surface area contributed by atoms with Gasteiger partial charge in [0.2, 0.25) is 0 Å². The van der Waals surface area contributed by atoms with Gasteiger partial charge in [-0.25, -0.2) is 0 Å². The number of carbonyl (C=O) groups is 2. The second kappa shape index (κ2) is 4.73. The largest absolute Gasteiger partial charge is 0.504 e. The maximum atomic E-state index is 11.0. The molecule has 19 heavy (non-hydrogen) atoms. The summed E-state index contributed by atoms with van der Waals surface area (Å²) in [5.41, 5.74) is 4.87. The van der Waals surface area contributed by atoms with Crippen molar-refractivity contribution in [3.05, 3.63) is 30.3 Å². The highest BCUT2D eigenvalue weighted by molar-refractivity contribution is 6.34. The fraction of sp³-hybridized carbons (Fsp3) is 0. The number of primary amides is 1. The van der Waals surface area contributed by atoms with Crippen molar-refractivity contribution in [2.75, 3.05) is 0 Å². The van der Waals surface area contributed by atoms with E-state index in [2.05, 4.69) is 10.2 Å². The minimum atomic E-state index is -1.23. The van der Waals surface area contributed by atoms with Gasteiger partial charge < -0.3 is 15.9 Å². The number of nitrogens with zero attached hydrogens (tertiary/aromatic N) is 2. The average Bonchev–Trinajstić information content (AvgIpc) is 2.40. The Labute approximate surface area is 107 Å². The number of fused-ring (bicyclic) bond motifs is 1. The van der Waals surface area contributed by atoms with Gasteiger partial charge in [0.1, 0.15) is 0 Å². The van der Waals surface area contributed by atoms with E-state index in [1.54, 1.807) is 24.3 Å². The molecule has 96 valence electrons. The molecule has 2 amide bonds. The van der Waals surface area contributed by atoms with Gasteiger partial charge >= 0.3 is 11.8 Å². The summed E-state index contributed by atoms with van der Waals surface area (Å²) >= 11 is 0. The molecule has 0 aromatic heterocycles. The Kier molecular flexibility index (Phi) is 3.11. The van der Waals surface area contributed by atoms with Gasteiger partial charge in [0.15, 0.2) is 11.5 Å². The van der Waals surface area contributed by atoms with Crippen LogP contribution in [-0.2, 0) is 9.59 Å². The van der Waals surface area contributed by atoms with Crippen molar-refractivity contribution in [3.63, 3.8) is 0 Å². The Balaban J connectivity index is 2.58. The Morgan fingerprint density at radius 2 is 1.74 bits per heavy atom. The van der Waals surface area contributed by atoms with Crippen molar-refractivity contribution in [3.8, 4) is 11.5 Å². The van der Waals surface area contributed by atoms with E-state index in [9.17, 15) is 19.8 Å². The van der Waals surface area contributed by atoms with Crippen LogP contribution in [0.25, 0.3) is 10.8 Å². The summed E-state index contributed by atoms with van der Waals surface area (Å²) in [6.07, 6.45) is 0. The fourth-order valence-electron chi connectivity index (χ4n) is 1.56. The van der Waals surface area contributed by atoms with E-state index < -0.39 is 17.6 Å². The van der Waals surface area contributed by atoms with Crippen LogP contribution in [0.4, 0.5) is 5.69 Å². The summed E-state index contributed by atoms with van der Waals surface area (Å²) in [6.45, 7) is 0. The first-order valence-electron chi connectivity index (χ1n) is 5.20. The normalized spacial score (nSPS) is 10.9. The molecule has 2 rings (SSSR count). The number of nitrogens with two attached hydrogens (primary N) is 1. The van der Waals surface area contributed by atoms with Crippen LogP contribution < -0.4 is 5.73 Å². The van der Waals surface area contributed by atoms with Crippen LogP contribution in [0.3, 0.4) is 0 Å². The van der Waals surface area contributed by atoms with E-state index in [0.717, 1.165) is 6.07 Å². The molecule has 0 saturated carbocycles. The number of amides is 2. The van der Waals surface area contributed by atoms with E-state index in [1.807, 2.05) is 0 Å². The van der Waals surface area contributed by atoms with Gasteiger partial charge in [-0.15, -0.1) is 10.2 Å². The molecule has 0 spiro atoms. The van der Waals surface area contributed by atoms with E-state index >= 15 is 0 Å². The predicted octanol–water partition coefficient (Wildman–Crippen LogP) is 1.35. The summed E-state index contributed by atoms with van der Waals surface area (Å²) in [5, 5.41) is 26.7. The van der Waals surface area contributed by atoms with Crippen LogP contribution in [0.1, 0.15) is 0 Å². The maximum absolute atomic E-state index is 11.0. The van der Waals surface area contributed by atoms with Crippen LogP contribution in [-0.4, -0.2) is 22.0 Å². The number of rotatable bonds is 1. The molecule has 0 atom stereocenters. The number of phenolic OH excluding ortho intramolecular Hbond substituents is 2. The highest BCUT2D eigenvalue weighted by Crippen LogP contribution is 2.39. The number of hydrogen-bond acceptors (Lipinski definition) is 5. The molecule has 0 aliphatic rings. The molecule has 4 N–H and O–H groups in total. The van der Waals surface area contributed by atoms with Gasteiger partial charge in [-0.2, -0.15) is 0 Å². The number of aromatic hydroxyl groups is 2. The minimum absolute atomic E-state index is 0.139. The van der Waals surface area contributed by atoms with E-state index in [-0.39, 0.29) is 11.4 Å². The monoisotopic (exact) mass is 259 g/mol. The topological polar surface area (TPSA) is 125 Å². The molecular weight excluding hydrogens is 250 g/mol. The zero-order valence-electron chi connectivity index (χ0n) is 9.57. The SMILES string of the molecule is NC(=O)C(=O)N=Nc1cc(O)c(O)c2ccccc12. The summed E-state index contributed by atoms with van der Waals surface area (Å²) < 4.78 is 0. The van der Waals surface area contributed by atoms with E-state index in [0.29, 0.717) is 10.8 Å². The summed E-state index contributed by atoms with van der Waals surface area (Å²) in [6, 6.07) is 7.68. The Morgan fingerprint density at radius 3 is 2.37 bits per heavy atom. The third kappa shape index (κ3) is 2.34. The molecule has 0 radical (unpaired) electrons. The molecule has 2 aromatic carbocycles. The van der Waals surface area contributed by atoms with E-state index in [4.69, 9.17) is 5.73 Å². The van der Waals surface area contributed by atoms with Gasteiger partial charge in [-0.05, 0) is 0 Å². The summed E-state index contributed by atoms with van der Waals surface area (Å²) in [5.74, 6) is -3.12. The molecule has 0 aliphatic carbocycles. The molecule has 0 unspecified atom stereocenters. The Hall–Kier alpha value is -2.96. The smallest absolute Gasteiger partial charge is 0.353 e. The standard InChI is InChI=1S/C12H9N3O4/c13-11(18)12(19)15-14-8-5-9(16)10(17)7-4-2-1-3-6(7)8/h1-5,16-17H,(H2,13,18). The second-order valence-electron chi connectivity index (χ2n) is 3.68. The lowest BCUT2D eigenvalue weighted by Gasteiger charge is -2.05. The molecule has 7 nitrogen and oxygen atoms in total. The second-order valence-corrected chi connectivity index (χ2v) is 3.68. The number of carbonyl (C=O) groups excluding carboxylic acids is 2. The third-order valence-corrected chi connectivity index (χ3v) is 2.43. The number of phenols is 2. The molecule has 0 bridgehead atoms. The minimum Gasteiger partial charge on any atom is -0.504 e. The molecule has 0 fully saturated rings. The van der Waals surface area contributed by atoms with Crippen LogP contribution >= 0.6 is 0 Å². The fourth-order valence-corrected chi connectivity index (χ4v) is 1.56. The number of benzene rings is 2. The molecule has 7 heteroatoms. The lowest BCUT2D eigenvalue weighted by Crippen LogP contribution is -2.20. The van der Waals surface area contributed by atoms with Gasteiger partial charge in [0.05, 0.1) is 5.69 Å². The highest BCUT2D eigenvalue weighted by Gasteiger charge is 2.11. The maximum Gasteiger partial charge on any atom is 0.353 e. The predicted molar refractivity (Wildman–Crippen MR) is 66.0 cm³/mol. The van der Waals surface area contributed by atoms with Crippen molar-refractivity contribution >= 4 is 28.3 Å². The first kappa shape index (κ1) is 12.5. The summed E-state index contributed by atoms with van der Waals surface area (Å²) in [7, 11) is 0. The van der Waals surface area contributed by atoms with Gasteiger partial charge in [-0.3, -0.25) is 9.59 Å². The molecule has 2 aromatic rings. The van der Waals surface area contributed by atoms with Crippen LogP contribution in [0.15, 0.2) is 40.6 Å². The molecule has 0 heterocycles. The molecular formula is C12H9N3O4. The van der Waals surface area contributed by atoms with Crippen molar-refractivity contribution in [1.82, 2.24) is 0 Å². The van der Waals surface area contributed by atoms with Crippen molar-refractivity contribution in [2.45, 2.75) is 0 Å². The lowest BCUT2D eigenvalue weighted by molar-refractivity contribution is -0.135. The van der Waals surface area contributed by atoms with Gasteiger partial charge in [-0.1, -0.05) is 24.3 Å². The molecule has 0 aliphatic heterocycles. The number of azo groups is 1. The van der Waals surface area contributed by atoms with Gasteiger partial charge in [0.25, 0.3) is 0 Å². The van der Waals surface area contributed by atoms with E-state index in [1.165, 1.54) is 0 Å². The van der Waals surface area contributed by atoms with Crippen molar-refractivity contribution < 1.29 is 19.8 Å². The third-order valence-electron chi connectivity index (χ3n) is 2.43. The Bertz CT molecular complexity index is 709. The van der Waals surface area contributed by atoms with Crippen molar-refractivity contribution in [2.24, 2.45) is 16.0 Å². The first-order valence-corrected chi connectivity index (χ1v) is 5.20. The number of hydrogen-bond donors (Lipinski definition) is 3. The highest BCUT2D eigenvalue weighted by atomic mass is 16.3. The zero-order valence-corrected chi connectivity index (χ0v) is 9.57. The first-order chi connectivity index (χ1) is 9.00. The Morgan fingerprint density at radius 1 is 1.11 bits per heavy atom.